The Bertz CT molecular complexity index is 1650. The number of aliphatic hydroxyl groups is 1. The van der Waals surface area contributed by atoms with Gasteiger partial charge in [-0.1, -0.05) is 91.6 Å². The smallest absolute Gasteiger partial charge is 0.245 e. The lowest BCUT2D eigenvalue weighted by molar-refractivity contribution is -0.148. The van der Waals surface area contributed by atoms with Crippen LogP contribution >= 0.6 is 11.3 Å². The highest BCUT2D eigenvalue weighted by Crippen LogP contribution is 2.31. The molecule has 1 aliphatic heterocycles. The van der Waals surface area contributed by atoms with E-state index < -0.39 is 42.5 Å². The zero-order valence-corrected chi connectivity index (χ0v) is 40.6. The van der Waals surface area contributed by atoms with Gasteiger partial charge in [-0.05, 0) is 55.4 Å². The fraction of sp³-hybridized carbons (Fsp3) is 0.723. The summed E-state index contributed by atoms with van der Waals surface area (Å²) >= 11 is 1.54. The number of aromatic nitrogens is 1. The second kappa shape index (κ2) is 27.1. The lowest BCUT2D eigenvalue weighted by Crippen LogP contribution is -2.60. The van der Waals surface area contributed by atoms with Crippen LogP contribution in [0.1, 0.15) is 116 Å². The summed E-state index contributed by atoms with van der Waals surface area (Å²) < 4.78 is 12.2. The molecule has 10 atom stereocenters. The van der Waals surface area contributed by atoms with Gasteiger partial charge in [0, 0.05) is 58.8 Å². The van der Waals surface area contributed by atoms with E-state index >= 15 is 0 Å². The van der Waals surface area contributed by atoms with Crippen LogP contribution in [0.2, 0.25) is 0 Å². The number of likely N-dealkylation sites (tertiary alicyclic amines) is 1. The van der Waals surface area contributed by atoms with Gasteiger partial charge in [0.2, 0.25) is 23.6 Å². The normalized spacial score (nSPS) is 18.6. The van der Waals surface area contributed by atoms with E-state index in [1.807, 2.05) is 76.9 Å². The van der Waals surface area contributed by atoms with E-state index in [0.29, 0.717) is 38.8 Å². The van der Waals surface area contributed by atoms with E-state index in [0.717, 1.165) is 29.8 Å². The minimum atomic E-state index is -0.954. The number of rotatable bonds is 28. The number of nitrogens with two attached hydrogens (primary N) is 1. The number of nitrogens with one attached hydrogen (secondary N) is 2. The van der Waals surface area contributed by atoms with Crippen molar-refractivity contribution in [2.75, 3.05) is 41.5 Å². The highest BCUT2D eigenvalue weighted by atomic mass is 32.1. The van der Waals surface area contributed by atoms with E-state index in [2.05, 4.69) is 32.6 Å². The number of carbonyl (C=O) groups is 4. The first-order valence-electron chi connectivity index (χ1n) is 22.9. The topological polar surface area (TPSA) is 189 Å². The zero-order valence-electron chi connectivity index (χ0n) is 39.8. The van der Waals surface area contributed by atoms with Crippen LogP contribution in [-0.4, -0.2) is 132 Å². The first kappa shape index (κ1) is 53.8. The summed E-state index contributed by atoms with van der Waals surface area (Å²) in [6, 6.07) is 7.41. The maximum atomic E-state index is 14.6. The van der Waals surface area contributed by atoms with Crippen LogP contribution in [0, 0.1) is 23.7 Å². The number of nitrogens with zero attached hydrogens (tertiary/aromatic N) is 4. The lowest BCUT2D eigenvalue weighted by Gasteiger charge is -2.41. The van der Waals surface area contributed by atoms with Gasteiger partial charge in [-0.25, -0.2) is 10.9 Å². The molecule has 1 saturated heterocycles. The number of ether oxygens (including phenoxy) is 2. The van der Waals surface area contributed by atoms with Gasteiger partial charge >= 0.3 is 0 Å². The summed E-state index contributed by atoms with van der Waals surface area (Å²) in [6.07, 6.45) is 5.00. The van der Waals surface area contributed by atoms with Crippen molar-refractivity contribution in [3.05, 3.63) is 52.5 Å². The number of hydrogen-bond donors (Lipinski definition) is 4. The SMILES string of the molecule is CC[C@H](C)[C@@H]([C@@H](CC(=O)N1CCC[C@H]1[C@H](OC)[C@@H](C)C(O)N[C@@H](Cc1ccccc1)c1nccs1)OC)N(C)C(=O)[C@@H](NC(=O)[C@H](C(C)C)N(C)C(=O)CCCCCON)C(C)C. The van der Waals surface area contributed by atoms with Crippen LogP contribution in [-0.2, 0) is 39.9 Å². The molecule has 1 unspecified atom stereocenters. The van der Waals surface area contributed by atoms with Gasteiger partial charge in [-0.3, -0.25) is 24.5 Å². The molecule has 2 heterocycles. The standard InChI is InChI=1S/C47H79N7O8S/c1-12-32(6)42(53(9)47(59)40(30(2)3)51-45(58)41(31(4)5)52(8)38(55)23-17-14-18-26-62-48)37(60-10)29-39(56)54-25-19-22-36(54)43(61-11)33(7)44(57)50-35(46-49-24-27-63-46)28-34-20-15-13-16-21-34/h13,15-16,20-21,24,27,30-33,35-37,40-44,50,57H,12,14,17-19,22-23,25-26,28-29,48H2,1-11H3,(H,51,58)/t32-,33+,35-,36-,37+,40-,41-,42-,43+,44?/m0/s1. The Morgan fingerprint density at radius 2 is 1.68 bits per heavy atom. The molecule has 0 bridgehead atoms. The van der Waals surface area contributed by atoms with Gasteiger partial charge < -0.3 is 39.4 Å². The van der Waals surface area contributed by atoms with Crippen LogP contribution in [0.25, 0.3) is 0 Å². The maximum absolute atomic E-state index is 14.6. The molecular weight excluding hydrogens is 823 g/mol. The van der Waals surface area contributed by atoms with Gasteiger partial charge in [0.05, 0.1) is 43.4 Å². The molecule has 3 rings (SSSR count). The van der Waals surface area contributed by atoms with E-state index in [-0.39, 0.29) is 66.3 Å². The molecule has 1 fully saturated rings. The molecule has 356 valence electrons. The molecule has 2 aromatic rings. The molecule has 5 N–H and O–H groups in total. The van der Waals surface area contributed by atoms with Crippen molar-refractivity contribution >= 4 is 35.0 Å². The maximum Gasteiger partial charge on any atom is 0.245 e. The number of carbonyl (C=O) groups excluding carboxylic acids is 4. The van der Waals surface area contributed by atoms with Crippen molar-refractivity contribution < 1.29 is 38.6 Å². The number of thiazole rings is 1. The third kappa shape index (κ3) is 15.3. The quantitative estimate of drug-likeness (QED) is 0.0491. The van der Waals surface area contributed by atoms with Gasteiger partial charge in [0.15, 0.2) is 0 Å². The summed E-state index contributed by atoms with van der Waals surface area (Å²) in [6.45, 7) is 14.5. The molecule has 0 aliphatic carbocycles. The highest BCUT2D eigenvalue weighted by molar-refractivity contribution is 7.09. The monoisotopic (exact) mass is 902 g/mol. The summed E-state index contributed by atoms with van der Waals surface area (Å²) in [5.74, 6) is 3.22. The highest BCUT2D eigenvalue weighted by Gasteiger charge is 2.43. The minimum absolute atomic E-state index is 0.0225. The minimum Gasteiger partial charge on any atom is -0.379 e. The molecule has 15 nitrogen and oxygen atoms in total. The van der Waals surface area contributed by atoms with E-state index in [1.165, 1.54) is 16.2 Å². The molecule has 0 spiro atoms. The van der Waals surface area contributed by atoms with E-state index in [9.17, 15) is 24.3 Å². The Kier molecular flexibility index (Phi) is 23.1. The third-order valence-electron chi connectivity index (χ3n) is 12.9. The molecule has 1 aromatic heterocycles. The molecule has 0 saturated carbocycles. The first-order valence-corrected chi connectivity index (χ1v) is 23.8. The van der Waals surface area contributed by atoms with E-state index in [4.69, 9.17) is 15.4 Å². The summed E-state index contributed by atoms with van der Waals surface area (Å²) in [5, 5.41) is 20.9. The van der Waals surface area contributed by atoms with Gasteiger partial charge in [-0.15, -0.1) is 11.3 Å². The number of unbranched alkanes of at least 4 members (excludes halogenated alkanes) is 2. The number of amides is 4. The van der Waals surface area contributed by atoms with Crippen molar-refractivity contribution in [1.29, 1.82) is 0 Å². The fourth-order valence-electron chi connectivity index (χ4n) is 9.06. The van der Waals surface area contributed by atoms with Crippen molar-refractivity contribution in [3.63, 3.8) is 0 Å². The lowest BCUT2D eigenvalue weighted by atomic mass is 9.89. The van der Waals surface area contributed by atoms with Crippen LogP contribution in [0.15, 0.2) is 41.9 Å². The van der Waals surface area contributed by atoms with Gasteiger partial charge in [-0.2, -0.15) is 0 Å². The van der Waals surface area contributed by atoms with Crippen molar-refractivity contribution in [1.82, 2.24) is 30.3 Å². The molecular formula is C47H79N7O8S. The summed E-state index contributed by atoms with van der Waals surface area (Å²) in [4.78, 5) is 70.4. The van der Waals surface area contributed by atoms with Crippen LogP contribution in [0.3, 0.4) is 0 Å². The largest absolute Gasteiger partial charge is 0.379 e. The predicted octanol–water partition coefficient (Wildman–Crippen LogP) is 5.33. The third-order valence-corrected chi connectivity index (χ3v) is 13.8. The molecule has 1 aliphatic rings. The van der Waals surface area contributed by atoms with Gasteiger partial charge in [0.25, 0.3) is 0 Å². The molecule has 1 aromatic carbocycles. The molecule has 16 heteroatoms. The second-order valence-electron chi connectivity index (χ2n) is 18.0. The van der Waals surface area contributed by atoms with Crippen molar-refractivity contribution in [2.24, 2.45) is 29.6 Å². The average molecular weight is 902 g/mol. The van der Waals surface area contributed by atoms with Crippen LogP contribution in [0.4, 0.5) is 0 Å². The Morgan fingerprint density at radius 1 is 0.984 bits per heavy atom. The number of aliphatic hydroxyl groups excluding tert-OH is 1. The zero-order chi connectivity index (χ0) is 46.8. The van der Waals surface area contributed by atoms with Gasteiger partial charge in [0.1, 0.15) is 23.3 Å². The Balaban J connectivity index is 1.77. The van der Waals surface area contributed by atoms with Crippen molar-refractivity contribution in [2.45, 2.75) is 155 Å². The summed E-state index contributed by atoms with van der Waals surface area (Å²) in [5.41, 5.74) is 1.12. The van der Waals surface area contributed by atoms with Crippen LogP contribution < -0.4 is 16.5 Å². The molecule has 4 amide bonds. The average Bonchev–Trinajstić information content (AvgIpc) is 3.99. The van der Waals surface area contributed by atoms with E-state index in [1.54, 1.807) is 39.4 Å². The van der Waals surface area contributed by atoms with Crippen molar-refractivity contribution in [3.8, 4) is 0 Å². The molecule has 0 radical (unpaired) electrons. The Labute approximate surface area is 381 Å². The van der Waals surface area contributed by atoms with Crippen LogP contribution in [0.5, 0.6) is 0 Å². The fourth-order valence-corrected chi connectivity index (χ4v) is 9.76. The second-order valence-corrected chi connectivity index (χ2v) is 18.9. The predicted molar refractivity (Wildman–Crippen MR) is 247 cm³/mol. The first-order chi connectivity index (χ1) is 30.0. The number of methoxy groups -OCH3 is 2. The molecule has 63 heavy (non-hydrogen) atoms. The Hall–Kier alpha value is -3.51. The number of hydrogen-bond acceptors (Lipinski definition) is 12. The number of benzene rings is 1. The Morgan fingerprint density at radius 3 is 2.25 bits per heavy atom. The summed E-state index contributed by atoms with van der Waals surface area (Å²) in [7, 11) is 6.55. The number of likely N-dealkylation sites (N-methyl/N-ethyl adjacent to an activating group) is 2.